The Hall–Kier alpha value is -2.60. The molecule has 1 amide bonds. The van der Waals surface area contributed by atoms with Gasteiger partial charge in [0, 0.05) is 31.5 Å². The van der Waals surface area contributed by atoms with Crippen LogP contribution in [-0.2, 0) is 11.3 Å². The summed E-state index contributed by atoms with van der Waals surface area (Å²) in [6.07, 6.45) is 1.67. The van der Waals surface area contributed by atoms with Gasteiger partial charge in [-0.05, 0) is 29.8 Å². The highest BCUT2D eigenvalue weighted by Crippen LogP contribution is 2.16. The molecule has 3 rings (SSSR count). The van der Waals surface area contributed by atoms with Gasteiger partial charge in [-0.1, -0.05) is 12.1 Å². The summed E-state index contributed by atoms with van der Waals surface area (Å²) < 4.78 is 10.5. The number of amides is 1. The fraction of sp³-hybridized carbons (Fsp3) is 0.333. The van der Waals surface area contributed by atoms with E-state index in [0.29, 0.717) is 25.5 Å². The second-order valence-electron chi connectivity index (χ2n) is 5.53. The summed E-state index contributed by atoms with van der Waals surface area (Å²) in [7, 11) is 1.63. The van der Waals surface area contributed by atoms with Crippen molar-refractivity contribution in [3.63, 3.8) is 0 Å². The van der Waals surface area contributed by atoms with Gasteiger partial charge in [0.05, 0.1) is 20.3 Å². The molecule has 2 aromatic rings. The zero-order valence-corrected chi connectivity index (χ0v) is 13.7. The molecule has 0 aliphatic carbocycles. The minimum absolute atomic E-state index is 0.180. The summed E-state index contributed by atoms with van der Waals surface area (Å²) in [5, 5.41) is 2.90. The van der Waals surface area contributed by atoms with Crippen molar-refractivity contribution in [1.29, 1.82) is 0 Å². The van der Waals surface area contributed by atoms with Crippen LogP contribution in [0.4, 0.5) is 5.69 Å². The molecule has 1 saturated heterocycles. The van der Waals surface area contributed by atoms with Crippen molar-refractivity contribution in [2.75, 3.05) is 38.3 Å². The van der Waals surface area contributed by atoms with Crippen LogP contribution in [0.2, 0.25) is 0 Å². The van der Waals surface area contributed by atoms with Crippen LogP contribution >= 0.6 is 0 Å². The second-order valence-corrected chi connectivity index (χ2v) is 5.53. The van der Waals surface area contributed by atoms with Crippen LogP contribution in [0.25, 0.3) is 0 Å². The molecule has 1 aliphatic heterocycles. The van der Waals surface area contributed by atoms with Crippen LogP contribution < -0.4 is 15.0 Å². The van der Waals surface area contributed by atoms with Crippen molar-refractivity contribution in [1.82, 2.24) is 10.3 Å². The molecular weight excluding hydrogens is 306 g/mol. The molecule has 6 heteroatoms. The predicted octanol–water partition coefficient (Wildman–Crippen LogP) is 1.86. The third kappa shape index (κ3) is 4.02. The van der Waals surface area contributed by atoms with Crippen LogP contribution in [0, 0.1) is 0 Å². The van der Waals surface area contributed by atoms with E-state index in [1.54, 1.807) is 13.3 Å². The fourth-order valence-corrected chi connectivity index (χ4v) is 2.58. The summed E-state index contributed by atoms with van der Waals surface area (Å²) in [4.78, 5) is 18.7. The average molecular weight is 327 g/mol. The lowest BCUT2D eigenvalue weighted by Gasteiger charge is -2.28. The zero-order valence-electron chi connectivity index (χ0n) is 13.7. The molecule has 1 aromatic heterocycles. The molecule has 6 nitrogen and oxygen atoms in total. The monoisotopic (exact) mass is 327 g/mol. The molecule has 1 aromatic carbocycles. The van der Waals surface area contributed by atoms with E-state index in [9.17, 15) is 4.79 Å². The number of hydrogen-bond acceptors (Lipinski definition) is 5. The van der Waals surface area contributed by atoms with Gasteiger partial charge in [-0.2, -0.15) is 0 Å². The minimum Gasteiger partial charge on any atom is -0.497 e. The molecule has 0 radical (unpaired) electrons. The number of hydrogen-bond donors (Lipinski definition) is 1. The van der Waals surface area contributed by atoms with Crippen molar-refractivity contribution >= 4 is 11.6 Å². The maximum atomic E-state index is 12.3. The Bertz CT molecular complexity index is 682. The first-order valence-corrected chi connectivity index (χ1v) is 7.96. The number of methoxy groups -OCH3 is 1. The largest absolute Gasteiger partial charge is 0.497 e. The molecular formula is C18H21N3O3. The van der Waals surface area contributed by atoms with Gasteiger partial charge in [-0.25, -0.2) is 0 Å². The maximum absolute atomic E-state index is 12.3. The summed E-state index contributed by atoms with van der Waals surface area (Å²) in [5.41, 5.74) is 2.43. The quantitative estimate of drug-likeness (QED) is 0.908. The molecule has 2 heterocycles. The summed E-state index contributed by atoms with van der Waals surface area (Å²) in [6.45, 7) is 3.53. The molecule has 0 bridgehead atoms. The molecule has 1 N–H and O–H groups in total. The molecule has 1 fully saturated rings. The van der Waals surface area contributed by atoms with Gasteiger partial charge in [-0.15, -0.1) is 0 Å². The predicted molar refractivity (Wildman–Crippen MR) is 91.4 cm³/mol. The van der Waals surface area contributed by atoms with Crippen molar-refractivity contribution in [2.24, 2.45) is 0 Å². The highest BCUT2D eigenvalue weighted by Gasteiger charge is 2.14. The van der Waals surface area contributed by atoms with Gasteiger partial charge >= 0.3 is 0 Å². The lowest BCUT2D eigenvalue weighted by molar-refractivity contribution is 0.0946. The van der Waals surface area contributed by atoms with Crippen LogP contribution in [-0.4, -0.2) is 44.3 Å². The number of ether oxygens (including phenoxy) is 2. The zero-order chi connectivity index (χ0) is 16.8. The Kier molecular flexibility index (Phi) is 5.28. The van der Waals surface area contributed by atoms with E-state index in [4.69, 9.17) is 9.47 Å². The molecule has 1 aliphatic rings. The smallest absolute Gasteiger partial charge is 0.270 e. The Morgan fingerprint density at radius 2 is 2.00 bits per heavy atom. The van der Waals surface area contributed by atoms with Crippen LogP contribution in [0.3, 0.4) is 0 Å². The van der Waals surface area contributed by atoms with Crippen molar-refractivity contribution in [3.8, 4) is 5.75 Å². The first-order valence-electron chi connectivity index (χ1n) is 7.96. The summed E-state index contributed by atoms with van der Waals surface area (Å²) >= 11 is 0. The van der Waals surface area contributed by atoms with Gasteiger partial charge in [0.2, 0.25) is 0 Å². The maximum Gasteiger partial charge on any atom is 0.270 e. The number of morpholine rings is 1. The van der Waals surface area contributed by atoms with E-state index in [0.717, 1.165) is 30.1 Å². The third-order valence-corrected chi connectivity index (χ3v) is 3.96. The Morgan fingerprint density at radius 1 is 1.25 bits per heavy atom. The molecule has 0 saturated carbocycles. The van der Waals surface area contributed by atoms with Gasteiger partial charge in [0.25, 0.3) is 5.91 Å². The fourth-order valence-electron chi connectivity index (χ4n) is 2.58. The number of benzene rings is 1. The van der Waals surface area contributed by atoms with Gasteiger partial charge in [0.1, 0.15) is 11.4 Å². The van der Waals surface area contributed by atoms with E-state index in [-0.39, 0.29) is 5.91 Å². The third-order valence-electron chi connectivity index (χ3n) is 3.96. The van der Waals surface area contributed by atoms with Crippen LogP contribution in [0.15, 0.2) is 42.6 Å². The number of anilines is 1. The second kappa shape index (κ2) is 7.79. The Balaban J connectivity index is 1.61. The van der Waals surface area contributed by atoms with E-state index >= 15 is 0 Å². The van der Waals surface area contributed by atoms with E-state index in [2.05, 4.69) is 15.2 Å². The number of nitrogens with zero attached hydrogens (tertiary/aromatic N) is 2. The lowest BCUT2D eigenvalue weighted by atomic mass is 10.2. The standard InChI is InChI=1S/C18H21N3O3/c1-23-16-4-2-14(3-5-16)13-20-18(22)17-12-15(6-7-19-17)21-8-10-24-11-9-21/h2-7,12H,8-11,13H2,1H3,(H,20,22). The van der Waals surface area contributed by atoms with Gasteiger partial charge in [0.15, 0.2) is 0 Å². The number of carbonyl (C=O) groups is 1. The van der Waals surface area contributed by atoms with Crippen molar-refractivity contribution < 1.29 is 14.3 Å². The minimum atomic E-state index is -0.180. The molecule has 0 atom stereocenters. The Labute approximate surface area is 141 Å². The van der Waals surface area contributed by atoms with Crippen LogP contribution in [0.5, 0.6) is 5.75 Å². The molecule has 24 heavy (non-hydrogen) atoms. The van der Waals surface area contributed by atoms with Gasteiger partial charge in [-0.3, -0.25) is 9.78 Å². The van der Waals surface area contributed by atoms with Crippen LogP contribution in [0.1, 0.15) is 16.1 Å². The highest BCUT2D eigenvalue weighted by atomic mass is 16.5. The summed E-state index contributed by atoms with van der Waals surface area (Å²) in [5.74, 6) is 0.617. The highest BCUT2D eigenvalue weighted by molar-refractivity contribution is 5.93. The normalized spacial score (nSPS) is 14.3. The van der Waals surface area contributed by atoms with E-state index < -0.39 is 0 Å². The number of aromatic nitrogens is 1. The average Bonchev–Trinajstić information content (AvgIpc) is 2.67. The lowest BCUT2D eigenvalue weighted by Crippen LogP contribution is -2.36. The number of rotatable bonds is 5. The van der Waals surface area contributed by atoms with Crippen molar-refractivity contribution in [3.05, 3.63) is 53.9 Å². The Morgan fingerprint density at radius 3 is 2.71 bits per heavy atom. The van der Waals surface area contributed by atoms with E-state index in [1.165, 1.54) is 0 Å². The number of nitrogens with one attached hydrogen (secondary N) is 1. The first-order chi connectivity index (χ1) is 11.8. The van der Waals surface area contributed by atoms with E-state index in [1.807, 2.05) is 36.4 Å². The number of carbonyl (C=O) groups excluding carboxylic acids is 1. The first kappa shape index (κ1) is 16.3. The van der Waals surface area contributed by atoms with Crippen molar-refractivity contribution in [2.45, 2.75) is 6.54 Å². The number of pyridine rings is 1. The SMILES string of the molecule is COc1ccc(CNC(=O)c2cc(N3CCOCC3)ccn2)cc1. The molecule has 0 unspecified atom stereocenters. The molecule has 126 valence electrons. The van der Waals surface area contributed by atoms with Gasteiger partial charge < -0.3 is 19.7 Å². The summed E-state index contributed by atoms with van der Waals surface area (Å²) in [6, 6.07) is 11.4. The topological polar surface area (TPSA) is 63.7 Å². The molecule has 0 spiro atoms.